The van der Waals surface area contributed by atoms with Gasteiger partial charge < -0.3 is 13.9 Å². The molecule has 4 atom stereocenters. The summed E-state index contributed by atoms with van der Waals surface area (Å²) in [5.74, 6) is 0. The molecule has 0 bridgehead atoms. The Bertz CT molecular complexity index is 1040. The van der Waals surface area contributed by atoms with Gasteiger partial charge in [0, 0.05) is 0 Å². The number of benzene rings is 2. The smallest absolute Gasteiger partial charge is 0.233 e. The molecular weight excluding hydrogens is 428 g/mol. The normalized spacial score (nSPS) is 28.4. The van der Waals surface area contributed by atoms with Crippen LogP contribution in [0, 0.1) is 6.92 Å². The molecule has 2 aromatic carbocycles. The first-order valence-corrected chi connectivity index (χ1v) is 15.1. The zero-order valence-electron chi connectivity index (χ0n) is 19.1. The predicted molar refractivity (Wildman–Crippen MR) is 123 cm³/mol. The monoisotopic (exact) mass is 460 g/mol. The van der Waals surface area contributed by atoms with Crippen LogP contribution in [-0.2, 0) is 23.7 Å². The highest BCUT2D eigenvalue weighted by Crippen LogP contribution is 2.61. The molecule has 2 heterocycles. The minimum absolute atomic E-state index is 0.0555. The highest BCUT2D eigenvalue weighted by molar-refractivity contribution is 7.93. The minimum Gasteiger partial charge on any atom is -0.414 e. The number of hydrogen-bond acceptors (Lipinski definition) is 5. The standard InChI is InChI=1S/C24H32O5SSi/c1-17-12-14-19(15-13-17)30(25,26)24-21(18-10-8-7-9-11-18)28-20(22(24)29-24)16-27-31(5,6)23(2,3)4/h7-15,20-22H,16H2,1-6H3/t20-,21-,22-,24-/m1/s1. The van der Waals surface area contributed by atoms with E-state index in [-0.39, 0.29) is 9.93 Å². The highest BCUT2D eigenvalue weighted by atomic mass is 32.2. The largest absolute Gasteiger partial charge is 0.414 e. The first-order chi connectivity index (χ1) is 14.4. The molecule has 0 saturated carbocycles. The van der Waals surface area contributed by atoms with Crippen molar-refractivity contribution in [3.8, 4) is 0 Å². The van der Waals surface area contributed by atoms with E-state index in [1.165, 1.54) is 0 Å². The lowest BCUT2D eigenvalue weighted by molar-refractivity contribution is -0.0567. The summed E-state index contributed by atoms with van der Waals surface area (Å²) in [5, 5.41) is 0.0555. The fraction of sp³-hybridized carbons (Fsp3) is 0.500. The summed E-state index contributed by atoms with van der Waals surface area (Å²) in [7, 11) is -5.80. The lowest BCUT2D eigenvalue weighted by atomic mass is 10.1. The van der Waals surface area contributed by atoms with E-state index in [0.717, 1.165) is 11.1 Å². The fourth-order valence-electron chi connectivity index (χ4n) is 3.88. The van der Waals surface area contributed by atoms with E-state index in [2.05, 4.69) is 33.9 Å². The van der Waals surface area contributed by atoms with Gasteiger partial charge in [-0.25, -0.2) is 8.42 Å². The van der Waals surface area contributed by atoms with Crippen molar-refractivity contribution in [2.24, 2.45) is 0 Å². The summed E-state index contributed by atoms with van der Waals surface area (Å²) < 4.78 is 46.3. The van der Waals surface area contributed by atoms with Crippen LogP contribution in [0.3, 0.4) is 0 Å². The Morgan fingerprint density at radius 2 is 1.65 bits per heavy atom. The van der Waals surface area contributed by atoms with Crippen molar-refractivity contribution in [3.05, 3.63) is 65.7 Å². The van der Waals surface area contributed by atoms with E-state index in [1.54, 1.807) is 12.1 Å². The van der Waals surface area contributed by atoms with Crippen LogP contribution < -0.4 is 0 Å². The second kappa shape index (κ2) is 7.52. The topological polar surface area (TPSA) is 65.1 Å². The molecule has 168 valence electrons. The Hall–Kier alpha value is -1.51. The van der Waals surface area contributed by atoms with Crippen LogP contribution in [0.25, 0.3) is 0 Å². The van der Waals surface area contributed by atoms with Crippen LogP contribution in [0.5, 0.6) is 0 Å². The summed E-state index contributed by atoms with van der Waals surface area (Å²) in [5.41, 5.74) is 1.81. The lowest BCUT2D eigenvalue weighted by Crippen LogP contribution is -2.43. The Balaban J connectivity index is 1.67. The zero-order valence-corrected chi connectivity index (χ0v) is 20.9. The molecule has 2 fully saturated rings. The Morgan fingerprint density at radius 3 is 2.23 bits per heavy atom. The SMILES string of the molecule is Cc1ccc(S(=O)(=O)[C@@]23O[C@@H]2[C@@H](CO[Si](C)(C)C(C)(C)C)O[C@@H]3c2ccccc2)cc1. The van der Waals surface area contributed by atoms with Gasteiger partial charge in [-0.15, -0.1) is 0 Å². The molecule has 0 radical (unpaired) electrons. The number of fused-ring (bicyclic) bond motifs is 1. The summed E-state index contributed by atoms with van der Waals surface area (Å²) >= 11 is 0. The van der Waals surface area contributed by atoms with Crippen LogP contribution >= 0.6 is 0 Å². The predicted octanol–water partition coefficient (Wildman–Crippen LogP) is 5.03. The first kappa shape index (κ1) is 22.7. The van der Waals surface area contributed by atoms with Gasteiger partial charge in [0.05, 0.1) is 11.5 Å². The van der Waals surface area contributed by atoms with E-state index < -0.39 is 41.4 Å². The van der Waals surface area contributed by atoms with E-state index in [9.17, 15) is 8.42 Å². The number of aryl methyl sites for hydroxylation is 1. The van der Waals surface area contributed by atoms with Crippen LogP contribution in [0.1, 0.15) is 38.0 Å². The zero-order chi connectivity index (χ0) is 22.7. The molecule has 0 aliphatic carbocycles. The third-order valence-electron chi connectivity index (χ3n) is 6.93. The molecule has 2 saturated heterocycles. The first-order valence-electron chi connectivity index (χ1n) is 10.7. The van der Waals surface area contributed by atoms with Crippen molar-refractivity contribution < 1.29 is 22.3 Å². The molecule has 0 amide bonds. The minimum atomic E-state index is -3.78. The molecule has 0 unspecified atom stereocenters. The van der Waals surface area contributed by atoms with Crippen molar-refractivity contribution in [1.82, 2.24) is 0 Å². The van der Waals surface area contributed by atoms with Crippen LogP contribution in [0.15, 0.2) is 59.5 Å². The Labute approximate surface area is 186 Å². The van der Waals surface area contributed by atoms with Crippen LogP contribution in [-0.4, -0.2) is 40.5 Å². The highest BCUT2D eigenvalue weighted by Gasteiger charge is 2.79. The summed E-state index contributed by atoms with van der Waals surface area (Å²) in [4.78, 5) is -1.15. The molecule has 5 nitrogen and oxygen atoms in total. The number of hydrogen-bond donors (Lipinski definition) is 0. The second-order valence-electron chi connectivity index (χ2n) is 10.1. The number of rotatable bonds is 6. The van der Waals surface area contributed by atoms with Gasteiger partial charge in [0.1, 0.15) is 18.3 Å². The quantitative estimate of drug-likeness (QED) is 0.447. The molecule has 2 aliphatic rings. The Morgan fingerprint density at radius 1 is 1.03 bits per heavy atom. The fourth-order valence-corrected chi connectivity index (χ4v) is 6.92. The van der Waals surface area contributed by atoms with Gasteiger partial charge in [-0.05, 0) is 42.8 Å². The maximum atomic E-state index is 13.8. The number of sulfone groups is 1. The van der Waals surface area contributed by atoms with Gasteiger partial charge in [-0.1, -0.05) is 68.8 Å². The maximum Gasteiger partial charge on any atom is 0.233 e. The lowest BCUT2D eigenvalue weighted by Gasteiger charge is -2.37. The number of ether oxygens (including phenoxy) is 2. The number of epoxide rings is 1. The molecule has 31 heavy (non-hydrogen) atoms. The maximum absolute atomic E-state index is 13.8. The van der Waals surface area contributed by atoms with Crippen molar-refractivity contribution in [2.75, 3.05) is 6.61 Å². The molecule has 7 heteroatoms. The van der Waals surface area contributed by atoms with Gasteiger partial charge in [0.25, 0.3) is 0 Å². The second-order valence-corrected chi connectivity index (χ2v) is 17.0. The average molecular weight is 461 g/mol. The van der Waals surface area contributed by atoms with Gasteiger partial charge in [0.2, 0.25) is 14.8 Å². The molecule has 0 spiro atoms. The van der Waals surface area contributed by atoms with Crippen molar-refractivity contribution in [1.29, 1.82) is 0 Å². The Kier molecular flexibility index (Phi) is 5.50. The van der Waals surface area contributed by atoms with Gasteiger partial charge in [-0.2, -0.15) is 0 Å². The summed E-state index contributed by atoms with van der Waals surface area (Å²) in [6.45, 7) is 13.2. The molecule has 0 N–H and O–H groups in total. The molecule has 4 rings (SSSR count). The summed E-state index contributed by atoms with van der Waals surface area (Å²) in [6.07, 6.45) is -1.67. The van der Waals surface area contributed by atoms with Gasteiger partial charge >= 0.3 is 0 Å². The molecule has 2 aromatic rings. The van der Waals surface area contributed by atoms with E-state index >= 15 is 0 Å². The van der Waals surface area contributed by atoms with E-state index in [0.29, 0.717) is 6.61 Å². The molecular formula is C24H32O5SSi. The third kappa shape index (κ3) is 3.70. The molecule has 2 aliphatic heterocycles. The van der Waals surface area contributed by atoms with Crippen molar-refractivity contribution in [3.63, 3.8) is 0 Å². The van der Waals surface area contributed by atoms with E-state index in [4.69, 9.17) is 13.9 Å². The van der Waals surface area contributed by atoms with Crippen LogP contribution in [0.2, 0.25) is 18.1 Å². The van der Waals surface area contributed by atoms with Crippen LogP contribution in [0.4, 0.5) is 0 Å². The molecule has 0 aromatic heterocycles. The summed E-state index contributed by atoms with van der Waals surface area (Å²) in [6, 6.07) is 16.4. The van der Waals surface area contributed by atoms with Gasteiger partial charge in [-0.3, -0.25) is 0 Å². The van der Waals surface area contributed by atoms with E-state index in [1.807, 2.05) is 49.4 Å². The van der Waals surface area contributed by atoms with Crippen molar-refractivity contribution >= 4 is 18.2 Å². The van der Waals surface area contributed by atoms with Gasteiger partial charge in [0.15, 0.2) is 8.32 Å². The third-order valence-corrected chi connectivity index (χ3v) is 13.7. The average Bonchev–Trinajstić information content (AvgIpc) is 3.38. The van der Waals surface area contributed by atoms with Crippen molar-refractivity contribution in [2.45, 2.75) is 74.0 Å².